The van der Waals surface area contributed by atoms with Crippen molar-refractivity contribution in [2.75, 3.05) is 18.2 Å². The third kappa shape index (κ3) is 5.43. The molecule has 2 aromatic carbocycles. The highest BCUT2D eigenvalue weighted by Gasteiger charge is 2.10. The minimum atomic E-state index is -0.103. The maximum Gasteiger partial charge on any atom is 0.283 e. The highest BCUT2D eigenvalue weighted by Crippen LogP contribution is 2.26. The van der Waals surface area contributed by atoms with E-state index in [0.717, 1.165) is 46.5 Å². The second-order valence-corrected chi connectivity index (χ2v) is 6.39. The van der Waals surface area contributed by atoms with E-state index < -0.39 is 0 Å². The Morgan fingerprint density at radius 3 is 2.56 bits per heavy atom. The standard InChI is InChI=1S/C20H25NO3S/c1-5-15-7-10-19(14(3)11-15)24-13-16-12-17(23-6-2)8-9-18(16)21-20(22)25-4/h7-12H,5-6,13H2,1-4H3,(H,21,22). The molecule has 2 aromatic rings. The predicted octanol–water partition coefficient (Wildman–Crippen LogP) is 5.43. The summed E-state index contributed by atoms with van der Waals surface area (Å²) in [6.45, 7) is 7.07. The maximum absolute atomic E-state index is 11.7. The Bertz CT molecular complexity index is 731. The molecule has 0 bridgehead atoms. The van der Waals surface area contributed by atoms with Crippen molar-refractivity contribution in [2.24, 2.45) is 0 Å². The average Bonchev–Trinajstić information content (AvgIpc) is 2.62. The molecule has 0 fully saturated rings. The summed E-state index contributed by atoms with van der Waals surface area (Å²) in [5.74, 6) is 1.61. The lowest BCUT2D eigenvalue weighted by molar-refractivity contribution is 0.269. The van der Waals surface area contributed by atoms with Crippen LogP contribution in [0.25, 0.3) is 0 Å². The third-order valence-corrected chi connectivity index (χ3v) is 4.31. The number of nitrogens with one attached hydrogen (secondary N) is 1. The Morgan fingerprint density at radius 1 is 1.12 bits per heavy atom. The molecule has 1 amide bonds. The average molecular weight is 359 g/mol. The number of carbonyl (C=O) groups is 1. The van der Waals surface area contributed by atoms with Gasteiger partial charge in [0.2, 0.25) is 0 Å². The number of benzene rings is 2. The predicted molar refractivity (Wildman–Crippen MR) is 105 cm³/mol. The van der Waals surface area contributed by atoms with Crippen LogP contribution in [0.2, 0.25) is 0 Å². The number of carbonyl (C=O) groups excluding carboxylic acids is 1. The number of anilines is 1. The summed E-state index contributed by atoms with van der Waals surface area (Å²) in [6, 6.07) is 11.8. The smallest absolute Gasteiger partial charge is 0.283 e. The van der Waals surface area contributed by atoms with Crippen LogP contribution >= 0.6 is 11.8 Å². The van der Waals surface area contributed by atoms with Crippen molar-refractivity contribution in [1.29, 1.82) is 0 Å². The van der Waals surface area contributed by atoms with Gasteiger partial charge in [0.1, 0.15) is 18.1 Å². The van der Waals surface area contributed by atoms with Gasteiger partial charge in [-0.1, -0.05) is 30.8 Å². The van der Waals surface area contributed by atoms with Gasteiger partial charge >= 0.3 is 0 Å². The summed E-state index contributed by atoms with van der Waals surface area (Å²) in [5, 5.41) is 2.78. The van der Waals surface area contributed by atoms with Crippen molar-refractivity contribution < 1.29 is 14.3 Å². The molecular weight excluding hydrogens is 334 g/mol. The van der Waals surface area contributed by atoms with Crippen LogP contribution in [0.1, 0.15) is 30.5 Å². The van der Waals surface area contributed by atoms with Gasteiger partial charge in [0.25, 0.3) is 5.24 Å². The van der Waals surface area contributed by atoms with Crippen LogP contribution < -0.4 is 14.8 Å². The quantitative estimate of drug-likeness (QED) is 0.716. The molecule has 0 aliphatic heterocycles. The molecule has 0 heterocycles. The second kappa shape index (κ2) is 9.37. The molecule has 0 aliphatic rings. The first-order chi connectivity index (χ1) is 12.1. The molecule has 2 rings (SSSR count). The molecule has 4 nitrogen and oxygen atoms in total. The molecular formula is C20H25NO3S. The lowest BCUT2D eigenvalue weighted by atomic mass is 10.1. The van der Waals surface area contributed by atoms with Gasteiger partial charge < -0.3 is 14.8 Å². The minimum absolute atomic E-state index is 0.103. The number of rotatable bonds is 7. The van der Waals surface area contributed by atoms with E-state index in [9.17, 15) is 4.79 Å². The van der Waals surface area contributed by atoms with Crippen LogP contribution in [0.4, 0.5) is 10.5 Å². The summed E-state index contributed by atoms with van der Waals surface area (Å²) < 4.78 is 11.6. The van der Waals surface area contributed by atoms with Gasteiger partial charge in [-0.3, -0.25) is 4.79 Å². The van der Waals surface area contributed by atoms with Crippen molar-refractivity contribution in [2.45, 2.75) is 33.8 Å². The Kier molecular flexibility index (Phi) is 7.19. The molecule has 25 heavy (non-hydrogen) atoms. The van der Waals surface area contributed by atoms with E-state index >= 15 is 0 Å². The number of hydrogen-bond donors (Lipinski definition) is 1. The zero-order valence-electron chi connectivity index (χ0n) is 15.2. The van der Waals surface area contributed by atoms with Crippen molar-refractivity contribution in [1.82, 2.24) is 0 Å². The Morgan fingerprint density at radius 2 is 1.92 bits per heavy atom. The van der Waals surface area contributed by atoms with Gasteiger partial charge in [-0.2, -0.15) is 0 Å². The number of ether oxygens (including phenoxy) is 2. The first-order valence-corrected chi connectivity index (χ1v) is 9.62. The normalized spacial score (nSPS) is 10.4. The summed E-state index contributed by atoms with van der Waals surface area (Å²) in [6.07, 6.45) is 2.75. The highest BCUT2D eigenvalue weighted by atomic mass is 32.2. The van der Waals surface area contributed by atoms with Crippen molar-refractivity contribution in [3.63, 3.8) is 0 Å². The molecule has 5 heteroatoms. The van der Waals surface area contributed by atoms with Crippen LogP contribution in [-0.4, -0.2) is 18.1 Å². The monoisotopic (exact) mass is 359 g/mol. The van der Waals surface area contributed by atoms with Crippen LogP contribution in [0, 0.1) is 6.92 Å². The minimum Gasteiger partial charge on any atom is -0.494 e. The first kappa shape index (κ1) is 19.2. The Hall–Kier alpha value is -2.14. The lowest BCUT2D eigenvalue weighted by Gasteiger charge is -2.15. The molecule has 134 valence electrons. The molecule has 0 unspecified atom stereocenters. The van der Waals surface area contributed by atoms with E-state index in [0.29, 0.717) is 13.2 Å². The van der Waals surface area contributed by atoms with E-state index in [1.54, 1.807) is 6.26 Å². The Labute approximate surface area is 153 Å². The number of amides is 1. The summed E-state index contributed by atoms with van der Waals surface area (Å²) >= 11 is 1.14. The summed E-state index contributed by atoms with van der Waals surface area (Å²) in [4.78, 5) is 11.7. The van der Waals surface area contributed by atoms with Crippen molar-refractivity contribution >= 4 is 22.7 Å². The van der Waals surface area contributed by atoms with Gasteiger partial charge in [0.15, 0.2) is 0 Å². The molecule has 0 radical (unpaired) electrons. The fourth-order valence-corrected chi connectivity index (χ4v) is 2.69. The van der Waals surface area contributed by atoms with E-state index in [1.165, 1.54) is 5.56 Å². The fourth-order valence-electron chi connectivity index (χ4n) is 2.48. The third-order valence-electron chi connectivity index (χ3n) is 3.84. The van der Waals surface area contributed by atoms with Crippen LogP contribution in [-0.2, 0) is 13.0 Å². The molecule has 0 saturated carbocycles. The van der Waals surface area contributed by atoms with Crippen LogP contribution in [0.5, 0.6) is 11.5 Å². The Balaban J connectivity index is 2.20. The SMILES string of the molecule is CCOc1ccc(NC(=O)SC)c(COc2ccc(CC)cc2C)c1. The van der Waals surface area contributed by atoms with E-state index in [1.807, 2.05) is 38.1 Å². The molecule has 1 N–H and O–H groups in total. The molecule has 0 spiro atoms. The van der Waals surface area contributed by atoms with Crippen LogP contribution in [0.3, 0.4) is 0 Å². The lowest BCUT2D eigenvalue weighted by Crippen LogP contribution is -2.09. The molecule has 0 aliphatic carbocycles. The molecule has 0 atom stereocenters. The van der Waals surface area contributed by atoms with Crippen molar-refractivity contribution in [3.05, 3.63) is 53.1 Å². The van der Waals surface area contributed by atoms with Crippen molar-refractivity contribution in [3.8, 4) is 11.5 Å². The zero-order chi connectivity index (χ0) is 18.2. The van der Waals surface area contributed by atoms with Crippen LogP contribution in [0.15, 0.2) is 36.4 Å². The molecule has 0 aromatic heterocycles. The van der Waals surface area contributed by atoms with E-state index in [-0.39, 0.29) is 5.24 Å². The van der Waals surface area contributed by atoms with Gasteiger partial charge in [-0.25, -0.2) is 0 Å². The summed E-state index contributed by atoms with van der Waals surface area (Å²) in [5.41, 5.74) is 4.02. The van der Waals surface area contributed by atoms with Gasteiger partial charge in [0, 0.05) is 11.3 Å². The zero-order valence-corrected chi connectivity index (χ0v) is 16.0. The van der Waals surface area contributed by atoms with Gasteiger partial charge in [0.05, 0.1) is 6.61 Å². The highest BCUT2D eigenvalue weighted by molar-refractivity contribution is 8.13. The van der Waals surface area contributed by atoms with Gasteiger partial charge in [-0.05, 0) is 61.9 Å². The first-order valence-electron chi connectivity index (χ1n) is 8.40. The number of hydrogen-bond acceptors (Lipinski definition) is 4. The van der Waals surface area contributed by atoms with Gasteiger partial charge in [-0.15, -0.1) is 0 Å². The topological polar surface area (TPSA) is 47.6 Å². The molecule has 0 saturated heterocycles. The summed E-state index contributed by atoms with van der Waals surface area (Å²) in [7, 11) is 0. The number of thioether (sulfide) groups is 1. The maximum atomic E-state index is 11.7. The fraction of sp³-hybridized carbons (Fsp3) is 0.350. The van der Waals surface area contributed by atoms with E-state index in [4.69, 9.17) is 9.47 Å². The largest absolute Gasteiger partial charge is 0.494 e. The second-order valence-electron chi connectivity index (χ2n) is 5.61. The number of aryl methyl sites for hydroxylation is 2. The van der Waals surface area contributed by atoms with E-state index in [2.05, 4.69) is 24.4 Å².